The van der Waals surface area contributed by atoms with Crippen molar-refractivity contribution in [3.63, 3.8) is 0 Å². The van der Waals surface area contributed by atoms with E-state index in [2.05, 4.69) is 21.2 Å². The molecule has 4 rings (SSSR count). The maximum Gasteiger partial charge on any atom is 0.338 e. The van der Waals surface area contributed by atoms with Crippen LogP contribution in [0.2, 0.25) is 0 Å². The number of ether oxygens (including phenoxy) is 1. The van der Waals surface area contributed by atoms with E-state index in [-0.39, 0.29) is 16.7 Å². The van der Waals surface area contributed by atoms with Crippen molar-refractivity contribution >= 4 is 62.8 Å². The average molecular weight is 552 g/mol. The van der Waals surface area contributed by atoms with Gasteiger partial charge in [-0.1, -0.05) is 15.9 Å². The molecule has 2 amide bonds. The maximum atomic E-state index is 13.3. The molecule has 35 heavy (non-hydrogen) atoms. The van der Waals surface area contributed by atoms with E-state index in [4.69, 9.17) is 17.0 Å². The minimum absolute atomic E-state index is 0.0144. The molecule has 1 aromatic heterocycles. The number of thiocarbonyl (C=S) groups is 1. The predicted octanol–water partition coefficient (Wildman–Crippen LogP) is 4.86. The molecule has 0 atom stereocenters. The van der Waals surface area contributed by atoms with Gasteiger partial charge < -0.3 is 9.30 Å². The molecule has 7 nitrogen and oxygen atoms in total. The van der Waals surface area contributed by atoms with Crippen molar-refractivity contribution in [3.05, 3.63) is 87.2 Å². The molecule has 0 spiro atoms. The van der Waals surface area contributed by atoms with Crippen LogP contribution in [0.5, 0.6) is 0 Å². The van der Waals surface area contributed by atoms with Crippen molar-refractivity contribution in [1.29, 1.82) is 0 Å². The number of carbonyl (C=O) groups is 3. The van der Waals surface area contributed by atoms with Gasteiger partial charge >= 0.3 is 5.97 Å². The molecule has 0 radical (unpaired) electrons. The minimum atomic E-state index is -0.544. The lowest BCUT2D eigenvalue weighted by atomic mass is 10.1. The van der Waals surface area contributed by atoms with Gasteiger partial charge in [0.2, 0.25) is 0 Å². The molecule has 0 saturated carbocycles. The largest absolute Gasteiger partial charge is 0.462 e. The zero-order valence-electron chi connectivity index (χ0n) is 19.3. The normalized spacial score (nSPS) is 14.9. The van der Waals surface area contributed by atoms with Crippen molar-refractivity contribution in [2.75, 3.05) is 11.5 Å². The van der Waals surface area contributed by atoms with Gasteiger partial charge in [-0.05, 0) is 99.2 Å². The summed E-state index contributed by atoms with van der Waals surface area (Å²) in [6.45, 7) is 5.91. The second kappa shape index (κ2) is 9.97. The highest BCUT2D eigenvalue weighted by molar-refractivity contribution is 9.10. The Kier molecular flexibility index (Phi) is 7.00. The first-order valence-electron chi connectivity index (χ1n) is 10.8. The summed E-state index contributed by atoms with van der Waals surface area (Å²) >= 11 is 8.65. The van der Waals surface area contributed by atoms with E-state index < -0.39 is 11.8 Å². The van der Waals surface area contributed by atoms with Gasteiger partial charge in [0.25, 0.3) is 11.8 Å². The van der Waals surface area contributed by atoms with Gasteiger partial charge in [-0.2, -0.15) is 0 Å². The van der Waals surface area contributed by atoms with Crippen molar-refractivity contribution in [3.8, 4) is 5.69 Å². The fourth-order valence-electron chi connectivity index (χ4n) is 3.93. The smallest absolute Gasteiger partial charge is 0.338 e. The average Bonchev–Trinajstić information content (AvgIpc) is 3.10. The van der Waals surface area contributed by atoms with Crippen LogP contribution in [0, 0.1) is 13.8 Å². The van der Waals surface area contributed by atoms with Gasteiger partial charge in [0.1, 0.15) is 5.57 Å². The number of benzene rings is 2. The van der Waals surface area contributed by atoms with Crippen LogP contribution in [0.3, 0.4) is 0 Å². The molecule has 0 bridgehead atoms. The van der Waals surface area contributed by atoms with Crippen molar-refractivity contribution < 1.29 is 19.1 Å². The quantitative estimate of drug-likeness (QED) is 0.212. The van der Waals surface area contributed by atoms with E-state index in [1.807, 2.05) is 36.6 Å². The number of hydrogen-bond acceptors (Lipinski definition) is 5. The van der Waals surface area contributed by atoms with Crippen LogP contribution < -0.4 is 10.2 Å². The van der Waals surface area contributed by atoms with E-state index >= 15 is 0 Å². The number of nitrogens with one attached hydrogen (secondary N) is 1. The third-order valence-corrected chi connectivity index (χ3v) is 6.41. The van der Waals surface area contributed by atoms with Crippen molar-refractivity contribution in [2.24, 2.45) is 0 Å². The number of carbonyl (C=O) groups excluding carboxylic acids is 3. The number of nitrogens with zero attached hydrogens (tertiary/aromatic N) is 2. The fraction of sp³-hybridized carbons (Fsp3) is 0.154. The lowest BCUT2D eigenvalue weighted by Crippen LogP contribution is -2.54. The topological polar surface area (TPSA) is 80.6 Å². The van der Waals surface area contributed by atoms with Crippen LogP contribution in [0.1, 0.15) is 34.2 Å². The van der Waals surface area contributed by atoms with E-state index in [9.17, 15) is 14.4 Å². The third-order valence-electron chi connectivity index (χ3n) is 5.59. The summed E-state index contributed by atoms with van der Waals surface area (Å²) in [7, 11) is 0. The Morgan fingerprint density at radius 1 is 1.06 bits per heavy atom. The molecule has 0 aliphatic carbocycles. The number of amides is 2. The van der Waals surface area contributed by atoms with Gasteiger partial charge in [0, 0.05) is 21.5 Å². The van der Waals surface area contributed by atoms with Gasteiger partial charge in [-0.15, -0.1) is 0 Å². The highest BCUT2D eigenvalue weighted by atomic mass is 79.9. The van der Waals surface area contributed by atoms with Crippen LogP contribution in [0.15, 0.2) is 64.6 Å². The molecule has 0 unspecified atom stereocenters. The summed E-state index contributed by atoms with van der Waals surface area (Å²) in [5.74, 6) is -1.41. The molecular formula is C26H22BrN3O4S. The lowest BCUT2D eigenvalue weighted by molar-refractivity contribution is -0.122. The summed E-state index contributed by atoms with van der Waals surface area (Å²) in [6, 6.07) is 16.1. The van der Waals surface area contributed by atoms with Gasteiger partial charge in [-0.3, -0.25) is 19.8 Å². The number of halogens is 1. The van der Waals surface area contributed by atoms with E-state index in [1.165, 1.54) is 4.90 Å². The lowest BCUT2D eigenvalue weighted by Gasteiger charge is -2.29. The highest BCUT2D eigenvalue weighted by Gasteiger charge is 2.34. The van der Waals surface area contributed by atoms with Crippen LogP contribution >= 0.6 is 28.1 Å². The fourth-order valence-corrected chi connectivity index (χ4v) is 4.48. The molecule has 178 valence electrons. The number of anilines is 1. The Morgan fingerprint density at radius 2 is 1.69 bits per heavy atom. The number of aromatic nitrogens is 1. The molecule has 1 aliphatic heterocycles. The molecular weight excluding hydrogens is 530 g/mol. The Hall–Kier alpha value is -3.56. The summed E-state index contributed by atoms with van der Waals surface area (Å²) in [5.41, 5.74) is 4.31. The van der Waals surface area contributed by atoms with Crippen LogP contribution in [0.25, 0.3) is 11.8 Å². The Balaban J connectivity index is 1.69. The van der Waals surface area contributed by atoms with E-state index in [0.29, 0.717) is 17.9 Å². The van der Waals surface area contributed by atoms with E-state index in [1.54, 1.807) is 49.4 Å². The molecule has 2 aromatic carbocycles. The summed E-state index contributed by atoms with van der Waals surface area (Å²) in [5, 5.41) is 2.64. The van der Waals surface area contributed by atoms with E-state index in [0.717, 1.165) is 27.1 Å². The zero-order valence-corrected chi connectivity index (χ0v) is 21.7. The first-order chi connectivity index (χ1) is 16.7. The standard InChI is InChI=1S/C26H22BrN3O4S/c1-4-34-25(33)17-5-9-20(10-6-17)29-15(2)13-18(16(29)3)14-22-23(31)28-26(35)30(24(22)32)21-11-7-19(27)8-12-21/h5-14H,4H2,1-3H3,(H,28,31,35). The third kappa shape index (κ3) is 4.82. The van der Waals surface area contributed by atoms with Gasteiger partial charge in [0.15, 0.2) is 5.11 Å². The summed E-state index contributed by atoms with van der Waals surface area (Å²) in [6.07, 6.45) is 1.58. The molecule has 1 aliphatic rings. The van der Waals surface area contributed by atoms with Gasteiger partial charge in [-0.25, -0.2) is 4.79 Å². The predicted molar refractivity (Wildman–Crippen MR) is 142 cm³/mol. The van der Waals surface area contributed by atoms with Crippen LogP contribution in [-0.4, -0.2) is 34.1 Å². The second-order valence-electron chi connectivity index (χ2n) is 7.86. The SMILES string of the molecule is CCOC(=O)c1ccc(-n2c(C)cc(C=C3C(=O)NC(=S)N(c4ccc(Br)cc4)C3=O)c2C)cc1. The maximum absolute atomic E-state index is 13.3. The second-order valence-corrected chi connectivity index (χ2v) is 9.17. The molecule has 9 heteroatoms. The molecule has 1 saturated heterocycles. The van der Waals surface area contributed by atoms with Crippen molar-refractivity contribution in [1.82, 2.24) is 9.88 Å². The Bertz CT molecular complexity index is 1370. The summed E-state index contributed by atoms with van der Waals surface area (Å²) < 4.78 is 7.90. The number of rotatable bonds is 5. The first-order valence-corrected chi connectivity index (χ1v) is 12.0. The van der Waals surface area contributed by atoms with Crippen LogP contribution in [0.4, 0.5) is 5.69 Å². The van der Waals surface area contributed by atoms with Gasteiger partial charge in [0.05, 0.1) is 17.9 Å². The first kappa shape index (κ1) is 24.6. The molecule has 1 fully saturated rings. The zero-order chi connectivity index (χ0) is 25.3. The number of aryl methyl sites for hydroxylation is 1. The molecule has 2 heterocycles. The minimum Gasteiger partial charge on any atom is -0.462 e. The Morgan fingerprint density at radius 3 is 2.31 bits per heavy atom. The van der Waals surface area contributed by atoms with Crippen LogP contribution in [-0.2, 0) is 14.3 Å². The number of hydrogen-bond donors (Lipinski definition) is 1. The number of esters is 1. The molecule has 3 aromatic rings. The molecule has 1 N–H and O–H groups in total. The summed E-state index contributed by atoms with van der Waals surface area (Å²) in [4.78, 5) is 39.3. The van der Waals surface area contributed by atoms with Crippen molar-refractivity contribution in [2.45, 2.75) is 20.8 Å². The monoisotopic (exact) mass is 551 g/mol. The Labute approximate surface area is 216 Å². The highest BCUT2D eigenvalue weighted by Crippen LogP contribution is 2.27.